The molecule has 1 aromatic rings. The maximum absolute atomic E-state index is 9.02. The second kappa shape index (κ2) is 6.05. The lowest BCUT2D eigenvalue weighted by Crippen LogP contribution is -2.47. The summed E-state index contributed by atoms with van der Waals surface area (Å²) in [6.07, 6.45) is 3.86. The Labute approximate surface area is 125 Å². The van der Waals surface area contributed by atoms with Crippen molar-refractivity contribution in [2.24, 2.45) is 0 Å². The first-order valence-corrected chi connectivity index (χ1v) is 7.60. The highest BCUT2D eigenvalue weighted by Gasteiger charge is 2.39. The van der Waals surface area contributed by atoms with Crippen LogP contribution in [0.4, 0.5) is 0 Å². The molecule has 1 aromatic carbocycles. The van der Waals surface area contributed by atoms with Crippen LogP contribution in [0.25, 0.3) is 0 Å². The number of nitrogens with zero attached hydrogens (tertiary/aromatic N) is 1. The van der Waals surface area contributed by atoms with Crippen molar-refractivity contribution >= 4 is 0 Å². The first-order chi connectivity index (χ1) is 10.2. The van der Waals surface area contributed by atoms with Crippen LogP contribution in [0.1, 0.15) is 36.8 Å². The fraction of sp³-hybridized carbons (Fsp3) is 0.588. The summed E-state index contributed by atoms with van der Waals surface area (Å²) in [5.74, 6) is 0.822. The van der Waals surface area contributed by atoms with Crippen molar-refractivity contribution in [3.05, 3.63) is 29.3 Å². The van der Waals surface area contributed by atoms with Crippen molar-refractivity contribution in [3.8, 4) is 11.8 Å². The zero-order valence-corrected chi connectivity index (χ0v) is 12.4. The van der Waals surface area contributed by atoms with E-state index >= 15 is 0 Å². The molecule has 3 rings (SSSR count). The molecule has 2 heterocycles. The van der Waals surface area contributed by atoms with Gasteiger partial charge in [0.1, 0.15) is 11.9 Å². The Morgan fingerprint density at radius 1 is 1.29 bits per heavy atom. The molecular formula is C17H21NO3. The van der Waals surface area contributed by atoms with Crippen molar-refractivity contribution in [2.45, 2.75) is 44.3 Å². The molecule has 1 unspecified atom stereocenters. The van der Waals surface area contributed by atoms with Crippen LogP contribution in [-0.2, 0) is 9.47 Å². The monoisotopic (exact) mass is 287 g/mol. The lowest BCUT2D eigenvalue weighted by atomic mass is 9.85. The molecule has 0 N–H and O–H groups in total. The van der Waals surface area contributed by atoms with Crippen LogP contribution in [-0.4, -0.2) is 31.5 Å². The molecule has 0 amide bonds. The van der Waals surface area contributed by atoms with Crippen LogP contribution in [0, 0.1) is 18.3 Å². The SMILES string of the molecule is Cc1ccc(C#N)cc1OC1CCOC2(CCOCC2)C1. The van der Waals surface area contributed by atoms with Gasteiger partial charge in [0, 0.05) is 26.1 Å². The molecule has 21 heavy (non-hydrogen) atoms. The number of ether oxygens (including phenoxy) is 3. The third-order valence-electron chi connectivity index (χ3n) is 4.46. The molecule has 2 aliphatic heterocycles. The van der Waals surface area contributed by atoms with E-state index < -0.39 is 0 Å². The molecule has 0 aliphatic carbocycles. The fourth-order valence-electron chi connectivity index (χ4n) is 3.15. The van der Waals surface area contributed by atoms with Crippen LogP contribution < -0.4 is 4.74 Å². The average molecular weight is 287 g/mol. The van der Waals surface area contributed by atoms with Crippen LogP contribution >= 0.6 is 0 Å². The minimum absolute atomic E-state index is 0.0675. The van der Waals surface area contributed by atoms with Gasteiger partial charge in [0.2, 0.25) is 0 Å². The molecule has 0 radical (unpaired) electrons. The van der Waals surface area contributed by atoms with E-state index in [2.05, 4.69) is 6.07 Å². The third-order valence-corrected chi connectivity index (χ3v) is 4.46. The van der Waals surface area contributed by atoms with Gasteiger partial charge in [-0.25, -0.2) is 0 Å². The average Bonchev–Trinajstić information content (AvgIpc) is 2.50. The van der Waals surface area contributed by atoms with Gasteiger partial charge in [-0.1, -0.05) is 6.07 Å². The minimum atomic E-state index is -0.0675. The number of benzene rings is 1. The highest BCUT2D eigenvalue weighted by molar-refractivity contribution is 5.41. The number of nitriles is 1. The lowest BCUT2D eigenvalue weighted by Gasteiger charge is -2.43. The van der Waals surface area contributed by atoms with E-state index in [4.69, 9.17) is 19.5 Å². The Morgan fingerprint density at radius 2 is 2.10 bits per heavy atom. The molecule has 1 spiro atoms. The molecule has 2 aliphatic rings. The molecule has 4 heteroatoms. The highest BCUT2D eigenvalue weighted by atomic mass is 16.5. The molecule has 112 valence electrons. The highest BCUT2D eigenvalue weighted by Crippen LogP contribution is 2.36. The lowest BCUT2D eigenvalue weighted by molar-refractivity contribution is -0.155. The molecule has 2 saturated heterocycles. The quantitative estimate of drug-likeness (QED) is 0.839. The van der Waals surface area contributed by atoms with Gasteiger partial charge < -0.3 is 14.2 Å². The number of aryl methyl sites for hydroxylation is 1. The molecule has 0 bridgehead atoms. The van der Waals surface area contributed by atoms with Gasteiger partial charge in [0.25, 0.3) is 0 Å². The molecule has 0 aromatic heterocycles. The summed E-state index contributed by atoms with van der Waals surface area (Å²) >= 11 is 0. The van der Waals surface area contributed by atoms with E-state index in [0.29, 0.717) is 5.56 Å². The Hall–Kier alpha value is -1.57. The van der Waals surface area contributed by atoms with Gasteiger partial charge in [-0.3, -0.25) is 0 Å². The van der Waals surface area contributed by atoms with Crippen LogP contribution in [0.5, 0.6) is 5.75 Å². The Kier molecular flexibility index (Phi) is 4.14. The van der Waals surface area contributed by atoms with Crippen molar-refractivity contribution in [1.29, 1.82) is 5.26 Å². The Bertz CT molecular complexity index is 538. The summed E-state index contributed by atoms with van der Waals surface area (Å²) < 4.78 is 17.7. The second-order valence-corrected chi connectivity index (χ2v) is 5.97. The minimum Gasteiger partial charge on any atom is -0.490 e. The van der Waals surface area contributed by atoms with Crippen molar-refractivity contribution in [3.63, 3.8) is 0 Å². The first kappa shape index (κ1) is 14.4. The van der Waals surface area contributed by atoms with Crippen LogP contribution in [0.2, 0.25) is 0 Å². The van der Waals surface area contributed by atoms with Gasteiger partial charge in [0.15, 0.2) is 0 Å². The summed E-state index contributed by atoms with van der Waals surface area (Å²) in [5.41, 5.74) is 1.65. The maximum atomic E-state index is 9.02. The summed E-state index contributed by atoms with van der Waals surface area (Å²) in [7, 11) is 0. The van der Waals surface area contributed by atoms with Gasteiger partial charge in [-0.15, -0.1) is 0 Å². The smallest absolute Gasteiger partial charge is 0.123 e. The van der Waals surface area contributed by atoms with Crippen LogP contribution in [0.15, 0.2) is 18.2 Å². The third kappa shape index (κ3) is 3.20. The zero-order valence-electron chi connectivity index (χ0n) is 12.4. The standard InChI is InChI=1S/C17H21NO3/c1-13-2-3-14(12-18)10-16(13)21-15-4-7-20-17(11-15)5-8-19-9-6-17/h2-3,10,15H,4-9,11H2,1H3. The second-order valence-electron chi connectivity index (χ2n) is 5.97. The van der Waals surface area contributed by atoms with Crippen molar-refractivity contribution in [1.82, 2.24) is 0 Å². The Balaban J connectivity index is 1.71. The first-order valence-electron chi connectivity index (χ1n) is 7.60. The van der Waals surface area contributed by atoms with Crippen LogP contribution in [0.3, 0.4) is 0 Å². The van der Waals surface area contributed by atoms with E-state index in [1.807, 2.05) is 25.1 Å². The normalized spacial score (nSPS) is 24.5. The van der Waals surface area contributed by atoms with Gasteiger partial charge in [-0.2, -0.15) is 5.26 Å². The van der Waals surface area contributed by atoms with E-state index in [1.165, 1.54) is 0 Å². The van der Waals surface area contributed by atoms with Gasteiger partial charge >= 0.3 is 0 Å². The van der Waals surface area contributed by atoms with Gasteiger partial charge in [-0.05, 0) is 37.5 Å². The largest absolute Gasteiger partial charge is 0.490 e. The molecule has 2 fully saturated rings. The molecule has 1 atom stereocenters. The molecular weight excluding hydrogens is 266 g/mol. The number of rotatable bonds is 2. The van der Waals surface area contributed by atoms with E-state index in [1.54, 1.807) is 0 Å². The Morgan fingerprint density at radius 3 is 2.86 bits per heavy atom. The van der Waals surface area contributed by atoms with Crippen molar-refractivity contribution in [2.75, 3.05) is 19.8 Å². The fourth-order valence-corrected chi connectivity index (χ4v) is 3.15. The predicted octanol–water partition coefficient (Wildman–Crippen LogP) is 2.97. The zero-order chi connectivity index (χ0) is 14.7. The predicted molar refractivity (Wildman–Crippen MR) is 78.3 cm³/mol. The summed E-state index contributed by atoms with van der Waals surface area (Å²) in [6, 6.07) is 7.77. The van der Waals surface area contributed by atoms with Crippen molar-refractivity contribution < 1.29 is 14.2 Å². The summed E-state index contributed by atoms with van der Waals surface area (Å²) in [6.45, 7) is 4.30. The number of hydrogen-bond donors (Lipinski definition) is 0. The number of hydrogen-bond acceptors (Lipinski definition) is 4. The topological polar surface area (TPSA) is 51.5 Å². The summed E-state index contributed by atoms with van der Waals surface area (Å²) in [4.78, 5) is 0. The van der Waals surface area contributed by atoms with E-state index in [9.17, 15) is 0 Å². The summed E-state index contributed by atoms with van der Waals surface area (Å²) in [5, 5.41) is 9.02. The molecule has 4 nitrogen and oxygen atoms in total. The van der Waals surface area contributed by atoms with E-state index in [-0.39, 0.29) is 11.7 Å². The maximum Gasteiger partial charge on any atom is 0.123 e. The van der Waals surface area contributed by atoms with Gasteiger partial charge in [0.05, 0.1) is 23.8 Å². The molecule has 0 saturated carbocycles. The van der Waals surface area contributed by atoms with E-state index in [0.717, 1.165) is 56.8 Å².